The predicted octanol–water partition coefficient (Wildman–Crippen LogP) is 5.20. The van der Waals surface area contributed by atoms with Gasteiger partial charge in [0.15, 0.2) is 5.78 Å². The fourth-order valence-corrected chi connectivity index (χ4v) is 5.31. The summed E-state index contributed by atoms with van der Waals surface area (Å²) >= 11 is 0. The van der Waals surface area contributed by atoms with Gasteiger partial charge in [-0.2, -0.15) is 5.26 Å². The fourth-order valence-electron chi connectivity index (χ4n) is 5.31. The van der Waals surface area contributed by atoms with E-state index in [1.807, 2.05) is 18.2 Å². The predicted molar refractivity (Wildman–Crippen MR) is 172 cm³/mol. The van der Waals surface area contributed by atoms with Crippen LogP contribution in [0, 0.1) is 11.3 Å². The first-order chi connectivity index (χ1) is 21.4. The number of likely N-dealkylation sites (N-methyl/N-ethyl adjacent to an activating group) is 1. The number of amides is 2. The lowest BCUT2D eigenvalue weighted by Crippen LogP contribution is -2.44. The maximum absolute atomic E-state index is 13.4. The standard InChI is InChI=1S/C35H30N6O3/c1-40-14-16-41(17-15-40)29-11-9-27(10-12-29)37-22-31-30-13-8-25(20-32(30)39-35(31)44)33(42)24-5-3-7-28(19-24)38-34(43)26-6-2-4-23(18-26)21-36/h2-13,18-20,22,37H,14-17H2,1H3,(H,38,43)(H,39,44)/b31-22+. The van der Waals surface area contributed by atoms with Gasteiger partial charge in [0.05, 0.1) is 17.2 Å². The molecule has 218 valence electrons. The third kappa shape index (κ3) is 6.07. The van der Waals surface area contributed by atoms with E-state index < -0.39 is 0 Å². The highest BCUT2D eigenvalue weighted by Gasteiger charge is 2.25. The first-order valence-corrected chi connectivity index (χ1v) is 14.3. The number of fused-ring (bicyclic) bond motifs is 1. The van der Waals surface area contributed by atoms with Crippen LogP contribution in [0.15, 0.2) is 97.2 Å². The molecule has 9 heteroatoms. The maximum atomic E-state index is 13.4. The second kappa shape index (κ2) is 12.3. The van der Waals surface area contributed by atoms with Gasteiger partial charge in [-0.1, -0.05) is 30.3 Å². The molecule has 0 unspecified atom stereocenters. The number of carbonyl (C=O) groups is 3. The van der Waals surface area contributed by atoms with Crippen LogP contribution in [0.5, 0.6) is 0 Å². The number of carbonyl (C=O) groups excluding carboxylic acids is 3. The van der Waals surface area contributed by atoms with Gasteiger partial charge in [0.1, 0.15) is 0 Å². The Morgan fingerprint density at radius 2 is 1.57 bits per heavy atom. The number of anilines is 4. The highest BCUT2D eigenvalue weighted by atomic mass is 16.2. The zero-order valence-corrected chi connectivity index (χ0v) is 24.1. The van der Waals surface area contributed by atoms with Gasteiger partial charge in [-0.15, -0.1) is 0 Å². The average molecular weight is 583 g/mol. The summed E-state index contributed by atoms with van der Waals surface area (Å²) in [7, 11) is 2.14. The van der Waals surface area contributed by atoms with Gasteiger partial charge in [-0.3, -0.25) is 14.4 Å². The monoisotopic (exact) mass is 582 g/mol. The Morgan fingerprint density at radius 3 is 2.34 bits per heavy atom. The molecule has 2 heterocycles. The van der Waals surface area contributed by atoms with Crippen LogP contribution in [0.25, 0.3) is 5.57 Å². The van der Waals surface area contributed by atoms with Crippen molar-refractivity contribution < 1.29 is 14.4 Å². The first kappa shape index (κ1) is 28.4. The van der Waals surface area contributed by atoms with Gasteiger partial charge in [0.25, 0.3) is 11.8 Å². The summed E-state index contributed by atoms with van der Waals surface area (Å²) < 4.78 is 0. The van der Waals surface area contributed by atoms with Gasteiger partial charge in [0.2, 0.25) is 0 Å². The van der Waals surface area contributed by atoms with Gasteiger partial charge in [-0.25, -0.2) is 0 Å². The molecule has 2 aliphatic rings. The molecule has 0 radical (unpaired) electrons. The van der Waals surface area contributed by atoms with Gasteiger partial charge in [-0.05, 0) is 67.7 Å². The molecule has 2 amide bonds. The van der Waals surface area contributed by atoms with Crippen molar-refractivity contribution in [3.8, 4) is 6.07 Å². The summed E-state index contributed by atoms with van der Waals surface area (Å²) in [6, 6.07) is 28.3. The van der Waals surface area contributed by atoms with Gasteiger partial charge in [0, 0.05) is 77.4 Å². The van der Waals surface area contributed by atoms with Crippen LogP contribution >= 0.6 is 0 Å². The smallest absolute Gasteiger partial charge is 0.257 e. The summed E-state index contributed by atoms with van der Waals surface area (Å²) in [4.78, 5) is 43.6. The number of nitriles is 1. The number of hydrogen-bond acceptors (Lipinski definition) is 7. The second-order valence-electron chi connectivity index (χ2n) is 10.8. The topological polar surface area (TPSA) is 118 Å². The average Bonchev–Trinajstić information content (AvgIpc) is 3.38. The van der Waals surface area contributed by atoms with Crippen LogP contribution in [0.1, 0.15) is 37.4 Å². The Kier molecular flexibility index (Phi) is 7.91. The van der Waals surface area contributed by atoms with Crippen molar-refractivity contribution in [1.82, 2.24) is 4.90 Å². The van der Waals surface area contributed by atoms with Crippen molar-refractivity contribution in [2.75, 3.05) is 54.1 Å². The molecule has 9 nitrogen and oxygen atoms in total. The molecule has 4 aromatic carbocycles. The molecule has 0 aliphatic carbocycles. The summed E-state index contributed by atoms with van der Waals surface area (Å²) in [6.07, 6.45) is 1.69. The molecule has 44 heavy (non-hydrogen) atoms. The highest BCUT2D eigenvalue weighted by molar-refractivity contribution is 6.32. The van der Waals surface area contributed by atoms with E-state index in [1.54, 1.807) is 66.9 Å². The minimum atomic E-state index is -0.383. The Balaban J connectivity index is 1.14. The van der Waals surface area contributed by atoms with Crippen LogP contribution in [-0.4, -0.2) is 55.7 Å². The van der Waals surface area contributed by atoms with Crippen LogP contribution in [0.3, 0.4) is 0 Å². The van der Waals surface area contributed by atoms with Gasteiger partial charge < -0.3 is 25.8 Å². The minimum Gasteiger partial charge on any atom is -0.369 e. The minimum absolute atomic E-state index is 0.249. The fraction of sp³-hybridized carbons (Fsp3) is 0.143. The number of nitrogens with one attached hydrogen (secondary N) is 3. The normalized spacial score (nSPS) is 15.3. The number of piperazine rings is 1. The molecule has 2 aliphatic heterocycles. The first-order valence-electron chi connectivity index (χ1n) is 14.3. The van der Waals surface area contributed by atoms with Crippen molar-refractivity contribution in [3.05, 3.63) is 125 Å². The third-order valence-corrected chi connectivity index (χ3v) is 7.82. The molecular formula is C35H30N6O3. The van der Waals surface area contributed by atoms with Crippen molar-refractivity contribution in [2.45, 2.75) is 0 Å². The Labute approximate surface area is 255 Å². The van der Waals surface area contributed by atoms with Crippen LogP contribution in [0.4, 0.5) is 22.7 Å². The molecular weight excluding hydrogens is 552 g/mol. The second-order valence-corrected chi connectivity index (χ2v) is 10.8. The Hall–Kier alpha value is -5.72. The van der Waals surface area contributed by atoms with Crippen LogP contribution in [-0.2, 0) is 4.79 Å². The number of ketones is 1. The zero-order valence-electron chi connectivity index (χ0n) is 24.1. The van der Waals surface area contributed by atoms with Crippen molar-refractivity contribution in [3.63, 3.8) is 0 Å². The quantitative estimate of drug-likeness (QED) is 0.203. The number of rotatable bonds is 7. The van der Waals surface area contributed by atoms with E-state index in [-0.39, 0.29) is 17.6 Å². The molecule has 1 saturated heterocycles. The lowest BCUT2D eigenvalue weighted by atomic mass is 9.99. The van der Waals surface area contributed by atoms with E-state index in [0.717, 1.165) is 31.9 Å². The van der Waals surface area contributed by atoms with Gasteiger partial charge >= 0.3 is 0 Å². The molecule has 3 N–H and O–H groups in total. The van der Waals surface area contributed by atoms with Crippen LogP contribution in [0.2, 0.25) is 0 Å². The van der Waals surface area contributed by atoms with Crippen molar-refractivity contribution in [1.29, 1.82) is 5.26 Å². The summed E-state index contributed by atoms with van der Waals surface area (Å²) in [5.74, 6) is -0.886. The highest BCUT2D eigenvalue weighted by Crippen LogP contribution is 2.33. The largest absolute Gasteiger partial charge is 0.369 e. The number of benzene rings is 4. The van der Waals surface area contributed by atoms with Crippen molar-refractivity contribution in [2.24, 2.45) is 0 Å². The SMILES string of the molecule is CN1CCN(c2ccc(N/C=C3/C(=O)Nc4cc(C(=O)c5cccc(NC(=O)c6cccc(C#N)c6)c5)ccc43)cc2)CC1. The summed E-state index contributed by atoms with van der Waals surface area (Å²) in [5.41, 5.74) is 5.75. The summed E-state index contributed by atoms with van der Waals surface area (Å²) in [5, 5.41) is 18.0. The van der Waals surface area contributed by atoms with E-state index in [2.05, 4.69) is 44.9 Å². The van der Waals surface area contributed by atoms with E-state index in [1.165, 1.54) is 11.8 Å². The Bertz CT molecular complexity index is 1830. The molecule has 0 atom stereocenters. The maximum Gasteiger partial charge on any atom is 0.257 e. The lowest BCUT2D eigenvalue weighted by Gasteiger charge is -2.34. The molecule has 0 aromatic heterocycles. The summed E-state index contributed by atoms with van der Waals surface area (Å²) in [6.45, 7) is 4.07. The zero-order chi connectivity index (χ0) is 30.6. The molecule has 0 bridgehead atoms. The Morgan fingerprint density at radius 1 is 0.841 bits per heavy atom. The van der Waals surface area contributed by atoms with Crippen molar-refractivity contribution >= 4 is 45.9 Å². The molecule has 1 fully saturated rings. The number of nitrogens with zero attached hydrogens (tertiary/aromatic N) is 3. The van der Waals surface area contributed by atoms with E-state index in [4.69, 9.17) is 5.26 Å². The van der Waals surface area contributed by atoms with E-state index >= 15 is 0 Å². The lowest BCUT2D eigenvalue weighted by molar-refractivity contribution is -0.110. The number of hydrogen-bond donors (Lipinski definition) is 3. The molecule has 0 saturated carbocycles. The molecule has 4 aromatic rings. The van der Waals surface area contributed by atoms with E-state index in [9.17, 15) is 14.4 Å². The molecule has 0 spiro atoms. The van der Waals surface area contributed by atoms with E-state index in [0.29, 0.717) is 44.8 Å². The van der Waals surface area contributed by atoms with Crippen LogP contribution < -0.4 is 20.9 Å². The third-order valence-electron chi connectivity index (χ3n) is 7.82. The molecule has 6 rings (SSSR count).